The quantitative estimate of drug-likeness (QED) is 0.463. The number of hydrogen-bond acceptors (Lipinski definition) is 6. The highest BCUT2D eigenvalue weighted by molar-refractivity contribution is 6.04. The highest BCUT2D eigenvalue weighted by Crippen LogP contribution is 2.37. The van der Waals surface area contributed by atoms with Crippen molar-refractivity contribution in [2.24, 2.45) is 0 Å². The molecule has 1 heterocycles. The lowest BCUT2D eigenvalue weighted by Gasteiger charge is -2.14. The standard InChI is InChI=1S/C20H11NO7/c22-16-13(9-5-7-10(8-6-9)19(24)25)14(20(26)27)15-18(17(16)23)28-12-4-2-1-3-11(12)21-15/h1-8,23H,(H,24,25)(H,26,27). The van der Waals surface area contributed by atoms with E-state index in [-0.39, 0.29) is 33.7 Å². The van der Waals surface area contributed by atoms with Crippen molar-refractivity contribution < 1.29 is 29.3 Å². The molecule has 0 amide bonds. The van der Waals surface area contributed by atoms with Crippen molar-refractivity contribution in [3.8, 4) is 28.3 Å². The number of phenolic OH excluding ortho intramolecular Hbond substituents is 1. The monoisotopic (exact) mass is 377 g/mol. The molecule has 0 bridgehead atoms. The summed E-state index contributed by atoms with van der Waals surface area (Å²) in [5, 5.41) is 29.1. The van der Waals surface area contributed by atoms with E-state index < -0.39 is 28.7 Å². The van der Waals surface area contributed by atoms with Crippen LogP contribution in [0.25, 0.3) is 33.7 Å². The van der Waals surface area contributed by atoms with E-state index in [1.54, 1.807) is 24.3 Å². The molecule has 2 aromatic rings. The van der Waals surface area contributed by atoms with Crippen LogP contribution in [0.3, 0.4) is 0 Å². The molecule has 0 fully saturated rings. The lowest BCUT2D eigenvalue weighted by atomic mass is 9.94. The van der Waals surface area contributed by atoms with E-state index >= 15 is 0 Å². The summed E-state index contributed by atoms with van der Waals surface area (Å²) in [5.74, 6) is -3.69. The van der Waals surface area contributed by atoms with Gasteiger partial charge in [-0.15, -0.1) is 0 Å². The largest absolute Gasteiger partial charge is 0.501 e. The normalized spacial score (nSPS) is 11.0. The van der Waals surface area contributed by atoms with Crippen molar-refractivity contribution in [1.29, 1.82) is 0 Å². The summed E-state index contributed by atoms with van der Waals surface area (Å²) in [6.07, 6.45) is 0. The topological polar surface area (TPSA) is 138 Å². The second-order valence-electron chi connectivity index (χ2n) is 5.97. The van der Waals surface area contributed by atoms with Crippen LogP contribution in [0, 0.1) is 0 Å². The number of nitrogens with zero attached hydrogens (tertiary/aromatic N) is 1. The van der Waals surface area contributed by atoms with Crippen molar-refractivity contribution in [2.75, 3.05) is 0 Å². The van der Waals surface area contributed by atoms with Gasteiger partial charge in [-0.3, -0.25) is 4.79 Å². The first kappa shape index (κ1) is 17.2. The van der Waals surface area contributed by atoms with Gasteiger partial charge in [0, 0.05) is 0 Å². The summed E-state index contributed by atoms with van der Waals surface area (Å²) in [7, 11) is 0. The molecule has 2 aromatic carbocycles. The van der Waals surface area contributed by atoms with Gasteiger partial charge < -0.3 is 19.7 Å². The van der Waals surface area contributed by atoms with E-state index in [1.807, 2.05) is 0 Å². The molecule has 28 heavy (non-hydrogen) atoms. The van der Waals surface area contributed by atoms with Gasteiger partial charge in [-0.05, 0) is 29.8 Å². The predicted molar refractivity (Wildman–Crippen MR) is 97.9 cm³/mol. The molecule has 0 aromatic heterocycles. The first-order chi connectivity index (χ1) is 13.4. The van der Waals surface area contributed by atoms with Gasteiger partial charge in [0.25, 0.3) is 0 Å². The molecular weight excluding hydrogens is 366 g/mol. The fraction of sp³-hybridized carbons (Fsp3) is 0. The third-order valence-corrected chi connectivity index (χ3v) is 4.30. The van der Waals surface area contributed by atoms with E-state index in [9.17, 15) is 24.6 Å². The Kier molecular flexibility index (Phi) is 3.82. The smallest absolute Gasteiger partial charge is 0.338 e. The van der Waals surface area contributed by atoms with E-state index in [1.165, 1.54) is 24.3 Å². The molecule has 138 valence electrons. The van der Waals surface area contributed by atoms with Crippen molar-refractivity contribution in [1.82, 2.24) is 4.98 Å². The molecule has 2 aliphatic rings. The third kappa shape index (κ3) is 2.55. The number of rotatable bonds is 3. The predicted octanol–water partition coefficient (Wildman–Crippen LogP) is 3.06. The molecule has 0 atom stereocenters. The number of carbonyl (C=O) groups is 2. The minimum absolute atomic E-state index is 0.0304. The average molecular weight is 377 g/mol. The van der Waals surface area contributed by atoms with Gasteiger partial charge >= 0.3 is 11.9 Å². The minimum atomic E-state index is -1.43. The Hall–Kier alpha value is -4.20. The van der Waals surface area contributed by atoms with Gasteiger partial charge in [-0.25, -0.2) is 14.6 Å². The summed E-state index contributed by atoms with van der Waals surface area (Å²) in [5.41, 5.74) is -1.13. The number of aromatic nitrogens is 1. The van der Waals surface area contributed by atoms with Crippen LogP contribution < -0.4 is 5.43 Å². The van der Waals surface area contributed by atoms with Crippen molar-refractivity contribution in [3.05, 3.63) is 69.9 Å². The van der Waals surface area contributed by atoms with Gasteiger partial charge in [0.15, 0.2) is 11.3 Å². The maximum Gasteiger partial charge on any atom is 0.338 e. The Morgan fingerprint density at radius 3 is 2.25 bits per heavy atom. The van der Waals surface area contributed by atoms with E-state index in [2.05, 4.69) is 4.98 Å². The van der Waals surface area contributed by atoms with Crippen LogP contribution in [0.4, 0.5) is 0 Å². The van der Waals surface area contributed by atoms with Crippen LogP contribution in [0.1, 0.15) is 20.7 Å². The zero-order chi connectivity index (χ0) is 20.0. The van der Waals surface area contributed by atoms with Crippen molar-refractivity contribution in [2.45, 2.75) is 0 Å². The molecule has 8 nitrogen and oxygen atoms in total. The molecule has 0 saturated carbocycles. The molecule has 1 aliphatic heterocycles. The summed E-state index contributed by atoms with van der Waals surface area (Å²) in [6, 6.07) is 11.6. The fourth-order valence-electron chi connectivity index (χ4n) is 3.01. The number of fused-ring (bicyclic) bond motifs is 2. The molecule has 0 saturated heterocycles. The number of carboxylic acid groups (broad SMARTS) is 2. The number of hydrogen-bond donors (Lipinski definition) is 3. The Labute approximate surface area is 156 Å². The van der Waals surface area contributed by atoms with Crippen LogP contribution in [-0.4, -0.2) is 32.2 Å². The van der Waals surface area contributed by atoms with Gasteiger partial charge in [0.1, 0.15) is 16.8 Å². The van der Waals surface area contributed by atoms with Crippen LogP contribution in [0.5, 0.6) is 5.75 Å². The second kappa shape index (κ2) is 6.20. The van der Waals surface area contributed by atoms with Crippen LogP contribution in [-0.2, 0) is 0 Å². The number of para-hydroxylation sites is 2. The molecule has 0 radical (unpaired) electrons. The molecule has 1 aliphatic carbocycles. The van der Waals surface area contributed by atoms with Crippen molar-refractivity contribution >= 4 is 23.0 Å². The first-order valence-corrected chi connectivity index (χ1v) is 8.04. The summed E-state index contributed by atoms with van der Waals surface area (Å²) >= 11 is 0. The number of benzene rings is 3. The number of phenols is 1. The van der Waals surface area contributed by atoms with Gasteiger partial charge in [0.05, 0.1) is 11.1 Å². The highest BCUT2D eigenvalue weighted by atomic mass is 16.4. The van der Waals surface area contributed by atoms with Crippen molar-refractivity contribution in [3.63, 3.8) is 0 Å². The van der Waals surface area contributed by atoms with E-state index in [4.69, 9.17) is 9.52 Å². The average Bonchev–Trinajstić information content (AvgIpc) is 2.69. The fourth-order valence-corrected chi connectivity index (χ4v) is 3.01. The Balaban J connectivity index is 2.12. The van der Waals surface area contributed by atoms with Gasteiger partial charge in [0.2, 0.25) is 11.2 Å². The lowest BCUT2D eigenvalue weighted by Crippen LogP contribution is -2.16. The maximum absolute atomic E-state index is 12.7. The Morgan fingerprint density at radius 1 is 0.929 bits per heavy atom. The Bertz CT molecular complexity index is 1290. The first-order valence-electron chi connectivity index (χ1n) is 8.04. The lowest BCUT2D eigenvalue weighted by molar-refractivity contribution is 0.0686. The molecular formula is C20H11NO7. The molecule has 0 unspecified atom stereocenters. The maximum atomic E-state index is 12.7. The molecule has 3 N–H and O–H groups in total. The van der Waals surface area contributed by atoms with Gasteiger partial charge in [-0.1, -0.05) is 24.3 Å². The molecule has 0 spiro atoms. The van der Waals surface area contributed by atoms with Crippen LogP contribution in [0.15, 0.2) is 57.7 Å². The summed E-state index contributed by atoms with van der Waals surface area (Å²) in [6.45, 7) is 0. The zero-order valence-electron chi connectivity index (χ0n) is 14.0. The number of carboxylic acids is 2. The van der Waals surface area contributed by atoms with E-state index in [0.717, 1.165) is 0 Å². The van der Waals surface area contributed by atoms with Gasteiger partial charge in [-0.2, -0.15) is 0 Å². The van der Waals surface area contributed by atoms with Crippen LogP contribution in [0.2, 0.25) is 0 Å². The number of aromatic carboxylic acids is 2. The molecule has 4 rings (SSSR count). The third-order valence-electron chi connectivity index (χ3n) is 4.30. The summed E-state index contributed by atoms with van der Waals surface area (Å²) in [4.78, 5) is 40.0. The molecule has 8 heteroatoms. The summed E-state index contributed by atoms with van der Waals surface area (Å²) < 4.78 is 5.54. The highest BCUT2D eigenvalue weighted by Gasteiger charge is 2.30. The number of aromatic hydroxyl groups is 1. The Morgan fingerprint density at radius 2 is 1.61 bits per heavy atom. The minimum Gasteiger partial charge on any atom is -0.501 e. The second-order valence-corrected chi connectivity index (χ2v) is 5.97. The van der Waals surface area contributed by atoms with Crippen LogP contribution >= 0.6 is 0 Å². The van der Waals surface area contributed by atoms with E-state index in [0.29, 0.717) is 5.52 Å². The SMILES string of the molecule is O=C(O)c1ccc(-c2c(C(=O)O)c3nc4ccccc4oc-3c(O)c2=O)cc1. The zero-order valence-corrected chi connectivity index (χ0v) is 14.0.